The van der Waals surface area contributed by atoms with Crippen molar-refractivity contribution in [3.63, 3.8) is 0 Å². The molecular formula is C11H22N2O2. The molecule has 2 fully saturated rings. The van der Waals surface area contributed by atoms with Crippen LogP contribution in [0, 0.1) is 0 Å². The molecule has 0 spiro atoms. The zero-order valence-electron chi connectivity index (χ0n) is 9.50. The van der Waals surface area contributed by atoms with Crippen LogP contribution in [0.2, 0.25) is 0 Å². The number of rotatable bonds is 3. The van der Waals surface area contributed by atoms with Crippen molar-refractivity contribution in [2.75, 3.05) is 33.4 Å². The molecule has 0 aromatic rings. The molecular weight excluding hydrogens is 192 g/mol. The molecule has 0 aromatic heterocycles. The van der Waals surface area contributed by atoms with Crippen molar-refractivity contribution in [1.82, 2.24) is 10.6 Å². The summed E-state index contributed by atoms with van der Waals surface area (Å²) in [7, 11) is 1.77. The van der Waals surface area contributed by atoms with E-state index in [0.29, 0.717) is 12.1 Å². The minimum Gasteiger partial charge on any atom is -0.379 e. The Morgan fingerprint density at radius 1 is 1.27 bits per heavy atom. The van der Waals surface area contributed by atoms with Gasteiger partial charge >= 0.3 is 0 Å². The highest BCUT2D eigenvalue weighted by atomic mass is 16.5. The van der Waals surface area contributed by atoms with E-state index in [-0.39, 0.29) is 6.10 Å². The van der Waals surface area contributed by atoms with Gasteiger partial charge in [0.2, 0.25) is 0 Å². The standard InChI is InChI=1S/C11H22N2O2/c1-14-11-8-15-7-4-10(11)13-9-2-5-12-6-3-9/h9-13H,2-8H2,1H3. The van der Waals surface area contributed by atoms with E-state index >= 15 is 0 Å². The van der Waals surface area contributed by atoms with Gasteiger partial charge in [0, 0.05) is 25.8 Å². The molecule has 2 heterocycles. The van der Waals surface area contributed by atoms with Crippen molar-refractivity contribution in [2.24, 2.45) is 0 Å². The van der Waals surface area contributed by atoms with Crippen molar-refractivity contribution in [2.45, 2.75) is 37.5 Å². The summed E-state index contributed by atoms with van der Waals surface area (Å²) in [5.41, 5.74) is 0. The van der Waals surface area contributed by atoms with E-state index in [1.807, 2.05) is 0 Å². The first-order valence-electron chi connectivity index (χ1n) is 5.97. The van der Waals surface area contributed by atoms with Crippen LogP contribution in [0.3, 0.4) is 0 Å². The average molecular weight is 214 g/mol. The fourth-order valence-corrected chi connectivity index (χ4v) is 2.43. The Balaban J connectivity index is 1.79. The molecule has 0 saturated carbocycles. The van der Waals surface area contributed by atoms with Gasteiger partial charge in [-0.15, -0.1) is 0 Å². The maximum Gasteiger partial charge on any atom is 0.0958 e. The summed E-state index contributed by atoms with van der Waals surface area (Å²) in [4.78, 5) is 0. The Morgan fingerprint density at radius 3 is 2.80 bits per heavy atom. The molecule has 0 radical (unpaired) electrons. The number of ether oxygens (including phenoxy) is 2. The quantitative estimate of drug-likeness (QED) is 0.701. The molecule has 2 aliphatic heterocycles. The largest absolute Gasteiger partial charge is 0.379 e. The van der Waals surface area contributed by atoms with Crippen LogP contribution in [0.4, 0.5) is 0 Å². The number of hydrogen-bond donors (Lipinski definition) is 2. The molecule has 2 atom stereocenters. The Bertz CT molecular complexity index is 183. The average Bonchev–Trinajstić information content (AvgIpc) is 2.31. The molecule has 2 aliphatic rings. The van der Waals surface area contributed by atoms with Gasteiger partial charge in [0.05, 0.1) is 12.7 Å². The summed E-state index contributed by atoms with van der Waals surface area (Å²) in [5, 5.41) is 7.10. The highest BCUT2D eigenvalue weighted by molar-refractivity contribution is 4.85. The first kappa shape index (κ1) is 11.3. The SMILES string of the molecule is COC1COCCC1NC1CCNCC1. The Kier molecular flexibility index (Phi) is 4.38. The second-order valence-corrected chi connectivity index (χ2v) is 4.44. The van der Waals surface area contributed by atoms with Crippen LogP contribution in [0.5, 0.6) is 0 Å². The highest BCUT2D eigenvalue weighted by Crippen LogP contribution is 2.13. The van der Waals surface area contributed by atoms with Crippen LogP contribution < -0.4 is 10.6 Å². The number of piperidine rings is 1. The molecule has 2 rings (SSSR count). The fourth-order valence-electron chi connectivity index (χ4n) is 2.43. The van der Waals surface area contributed by atoms with Gasteiger partial charge in [-0.2, -0.15) is 0 Å². The molecule has 4 heteroatoms. The lowest BCUT2D eigenvalue weighted by molar-refractivity contribution is -0.0527. The molecule has 0 aromatic carbocycles. The third-order valence-corrected chi connectivity index (χ3v) is 3.40. The second kappa shape index (κ2) is 5.80. The van der Waals surface area contributed by atoms with Gasteiger partial charge in [-0.05, 0) is 32.4 Å². The minimum atomic E-state index is 0.230. The van der Waals surface area contributed by atoms with Crippen LogP contribution >= 0.6 is 0 Å². The first-order valence-corrected chi connectivity index (χ1v) is 5.97. The lowest BCUT2D eigenvalue weighted by Gasteiger charge is -2.35. The smallest absolute Gasteiger partial charge is 0.0958 e. The molecule has 88 valence electrons. The lowest BCUT2D eigenvalue weighted by atomic mass is 10.0. The van der Waals surface area contributed by atoms with E-state index < -0.39 is 0 Å². The van der Waals surface area contributed by atoms with Crippen molar-refractivity contribution >= 4 is 0 Å². The summed E-state index contributed by atoms with van der Waals surface area (Å²) < 4.78 is 10.9. The number of hydrogen-bond acceptors (Lipinski definition) is 4. The number of methoxy groups -OCH3 is 1. The van der Waals surface area contributed by atoms with E-state index in [9.17, 15) is 0 Å². The van der Waals surface area contributed by atoms with Crippen LogP contribution in [0.15, 0.2) is 0 Å². The van der Waals surface area contributed by atoms with Crippen molar-refractivity contribution < 1.29 is 9.47 Å². The van der Waals surface area contributed by atoms with E-state index in [1.54, 1.807) is 7.11 Å². The maximum absolute atomic E-state index is 5.44. The van der Waals surface area contributed by atoms with Crippen LogP contribution in [-0.4, -0.2) is 51.6 Å². The monoisotopic (exact) mass is 214 g/mol. The summed E-state index contributed by atoms with van der Waals surface area (Å²) in [6.45, 7) is 3.87. The molecule has 0 amide bonds. The Morgan fingerprint density at radius 2 is 2.07 bits per heavy atom. The van der Waals surface area contributed by atoms with E-state index in [2.05, 4.69) is 10.6 Å². The van der Waals surface area contributed by atoms with Crippen molar-refractivity contribution in [1.29, 1.82) is 0 Å². The van der Waals surface area contributed by atoms with Gasteiger partial charge in [0.1, 0.15) is 0 Å². The fraction of sp³-hybridized carbons (Fsp3) is 1.00. The Labute approximate surface area is 91.7 Å². The first-order chi connectivity index (χ1) is 7.40. The molecule has 2 unspecified atom stereocenters. The van der Waals surface area contributed by atoms with Gasteiger partial charge < -0.3 is 20.1 Å². The molecule has 15 heavy (non-hydrogen) atoms. The van der Waals surface area contributed by atoms with Gasteiger partial charge in [0.25, 0.3) is 0 Å². The van der Waals surface area contributed by atoms with Crippen LogP contribution in [0.1, 0.15) is 19.3 Å². The number of nitrogens with one attached hydrogen (secondary N) is 2. The predicted octanol–water partition coefficient (Wildman–Crippen LogP) is 0.132. The van der Waals surface area contributed by atoms with E-state index in [4.69, 9.17) is 9.47 Å². The van der Waals surface area contributed by atoms with Gasteiger partial charge in [0.15, 0.2) is 0 Å². The zero-order chi connectivity index (χ0) is 10.5. The summed E-state index contributed by atoms with van der Waals surface area (Å²) in [6, 6.07) is 1.14. The Hall–Kier alpha value is -0.160. The van der Waals surface area contributed by atoms with Crippen LogP contribution in [-0.2, 0) is 9.47 Å². The summed E-state index contributed by atoms with van der Waals surface area (Å²) >= 11 is 0. The minimum absolute atomic E-state index is 0.230. The van der Waals surface area contributed by atoms with E-state index in [1.165, 1.54) is 12.8 Å². The zero-order valence-corrected chi connectivity index (χ0v) is 9.50. The summed E-state index contributed by atoms with van der Waals surface area (Å²) in [5.74, 6) is 0. The van der Waals surface area contributed by atoms with Gasteiger partial charge in [-0.25, -0.2) is 0 Å². The van der Waals surface area contributed by atoms with Gasteiger partial charge in [-0.3, -0.25) is 0 Å². The highest BCUT2D eigenvalue weighted by Gasteiger charge is 2.27. The third-order valence-electron chi connectivity index (χ3n) is 3.40. The second-order valence-electron chi connectivity index (χ2n) is 4.44. The van der Waals surface area contributed by atoms with Crippen molar-refractivity contribution in [3.05, 3.63) is 0 Å². The van der Waals surface area contributed by atoms with Crippen LogP contribution in [0.25, 0.3) is 0 Å². The molecule has 0 bridgehead atoms. The lowest BCUT2D eigenvalue weighted by Crippen LogP contribution is -2.53. The predicted molar refractivity (Wildman–Crippen MR) is 59.0 cm³/mol. The third kappa shape index (κ3) is 3.14. The topological polar surface area (TPSA) is 42.5 Å². The van der Waals surface area contributed by atoms with E-state index in [0.717, 1.165) is 32.7 Å². The van der Waals surface area contributed by atoms with Crippen molar-refractivity contribution in [3.8, 4) is 0 Å². The summed E-state index contributed by atoms with van der Waals surface area (Å²) in [6.07, 6.45) is 3.76. The molecule has 0 aliphatic carbocycles. The molecule has 4 nitrogen and oxygen atoms in total. The van der Waals surface area contributed by atoms with Gasteiger partial charge in [-0.1, -0.05) is 0 Å². The molecule has 2 saturated heterocycles. The maximum atomic E-state index is 5.44. The molecule has 2 N–H and O–H groups in total. The normalized spacial score (nSPS) is 34.2.